The normalized spacial score (nSPS) is 41.8. The molecule has 1 saturated carbocycles. The van der Waals surface area contributed by atoms with Crippen molar-refractivity contribution in [2.75, 3.05) is 0 Å². The predicted molar refractivity (Wildman–Crippen MR) is 30.9 cm³/mol. The molecule has 1 aliphatic carbocycles. The van der Waals surface area contributed by atoms with Gasteiger partial charge in [0.15, 0.2) is 0 Å². The number of fused-ring (bicyclic) bond motifs is 1. The molecule has 0 N–H and O–H groups in total. The molecule has 1 aliphatic heterocycles. The van der Waals surface area contributed by atoms with Crippen LogP contribution in [-0.2, 0) is 18.2 Å². The van der Waals surface area contributed by atoms with Crippen molar-refractivity contribution in [2.24, 2.45) is 6.99 Å². The molecule has 1 fully saturated rings. The second-order valence-corrected chi connectivity index (χ2v) is 4.27. The molecule has 3 heteroatoms. The van der Waals surface area contributed by atoms with E-state index in [9.17, 15) is 0 Å². The average Bonchev–Trinajstić information content (AvgIpc) is 2.33. The molecule has 1 heterocycles. The summed E-state index contributed by atoms with van der Waals surface area (Å²) in [6.07, 6.45) is 5.44. The van der Waals surface area contributed by atoms with E-state index in [-0.39, 0.29) is 18.2 Å². The third-order valence-electron chi connectivity index (χ3n) is 1.98. The van der Waals surface area contributed by atoms with Crippen molar-refractivity contribution in [3.05, 3.63) is 0 Å². The van der Waals surface area contributed by atoms with Crippen molar-refractivity contribution < 1.29 is 18.2 Å². The fraction of sp³-hybridized carbons (Fsp3) is 1.00. The first-order valence-electron chi connectivity index (χ1n) is 3.45. The second-order valence-electron chi connectivity index (χ2n) is 2.65. The Bertz CT molecular complexity index is 156. The van der Waals surface area contributed by atoms with Gasteiger partial charge >= 0.3 is 63.0 Å². The molecule has 0 aromatic rings. The molecule has 0 aromatic carbocycles. The maximum atomic E-state index is 4.50. The van der Waals surface area contributed by atoms with E-state index in [1.807, 2.05) is 0 Å². The molecule has 9 heavy (non-hydrogen) atoms. The molecule has 0 aromatic heterocycles. The van der Waals surface area contributed by atoms with E-state index in [0.717, 1.165) is 0 Å². The Morgan fingerprint density at radius 3 is 2.11 bits per heavy atom. The molecule has 0 saturated heterocycles. The molecule has 2 aliphatic rings. The standard InChI is InChI=1S/C6H10N2.Pt/c7-5-3-1-2-4-6(5)8;/h5-6H,1-4H2;/t5-,6-;/m1./s1. The minimum atomic E-state index is -0.0695. The van der Waals surface area contributed by atoms with Crippen molar-refractivity contribution in [1.82, 2.24) is 0 Å². The predicted octanol–water partition coefficient (Wildman–Crippen LogP) is 1.76. The Morgan fingerprint density at radius 2 is 1.56 bits per heavy atom. The zero-order chi connectivity index (χ0) is 6.10. The van der Waals surface area contributed by atoms with Gasteiger partial charge in [0.05, 0.1) is 0 Å². The molecule has 2 atom stereocenters. The van der Waals surface area contributed by atoms with Gasteiger partial charge < -0.3 is 0 Å². The Morgan fingerprint density at radius 1 is 1.00 bits per heavy atom. The van der Waals surface area contributed by atoms with Crippen LogP contribution < -0.4 is 0 Å². The fourth-order valence-corrected chi connectivity index (χ4v) is 3.59. The quantitative estimate of drug-likeness (QED) is 0.651. The van der Waals surface area contributed by atoms with Crippen LogP contribution in [0, 0.1) is 0 Å². The van der Waals surface area contributed by atoms with Crippen LogP contribution in [0.5, 0.6) is 0 Å². The number of rotatable bonds is 0. The van der Waals surface area contributed by atoms with Crippen LogP contribution in [0.1, 0.15) is 25.7 Å². The molecule has 2 nitrogen and oxygen atoms in total. The SMILES string of the molecule is C1CC[C@H]2[N]=[Pt]=[N][C@@H]2C1. The summed E-state index contributed by atoms with van der Waals surface area (Å²) in [5, 5.41) is 0. The Balaban J connectivity index is 2.09. The molecule has 54 valence electrons. The minimum absolute atomic E-state index is 0.0695. The van der Waals surface area contributed by atoms with Gasteiger partial charge in [-0.25, -0.2) is 0 Å². The number of nitrogens with zero attached hydrogens (tertiary/aromatic N) is 2. The van der Waals surface area contributed by atoms with Crippen molar-refractivity contribution in [2.45, 2.75) is 37.8 Å². The second kappa shape index (κ2) is 2.49. The van der Waals surface area contributed by atoms with Crippen molar-refractivity contribution >= 4 is 0 Å². The van der Waals surface area contributed by atoms with E-state index >= 15 is 0 Å². The summed E-state index contributed by atoms with van der Waals surface area (Å²) < 4.78 is 9.00. The van der Waals surface area contributed by atoms with Gasteiger partial charge in [-0.3, -0.25) is 0 Å². The average molecular weight is 305 g/mol. The molecular weight excluding hydrogens is 295 g/mol. The van der Waals surface area contributed by atoms with Gasteiger partial charge in [0.1, 0.15) is 0 Å². The molecular formula is C6H10N2Pt. The Kier molecular flexibility index (Phi) is 1.67. The summed E-state index contributed by atoms with van der Waals surface area (Å²) in [6, 6.07) is 1.35. The Labute approximate surface area is 63.3 Å². The van der Waals surface area contributed by atoms with Gasteiger partial charge in [-0.05, 0) is 0 Å². The van der Waals surface area contributed by atoms with Gasteiger partial charge in [0.25, 0.3) is 0 Å². The van der Waals surface area contributed by atoms with E-state index in [2.05, 4.69) is 6.99 Å². The van der Waals surface area contributed by atoms with Gasteiger partial charge in [0.2, 0.25) is 0 Å². The summed E-state index contributed by atoms with van der Waals surface area (Å²) in [6.45, 7) is 0. The first kappa shape index (κ1) is 6.03. The van der Waals surface area contributed by atoms with E-state index in [1.165, 1.54) is 25.7 Å². The van der Waals surface area contributed by atoms with Gasteiger partial charge in [-0.1, -0.05) is 0 Å². The monoisotopic (exact) mass is 305 g/mol. The molecule has 0 radical (unpaired) electrons. The van der Waals surface area contributed by atoms with Crippen LogP contribution in [0.2, 0.25) is 0 Å². The van der Waals surface area contributed by atoms with Crippen LogP contribution in [0.25, 0.3) is 0 Å². The molecule has 0 spiro atoms. The summed E-state index contributed by atoms with van der Waals surface area (Å²) in [5.74, 6) is 0. The molecule has 0 amide bonds. The van der Waals surface area contributed by atoms with E-state index < -0.39 is 0 Å². The van der Waals surface area contributed by atoms with Crippen molar-refractivity contribution in [1.29, 1.82) is 0 Å². The number of hydrogen-bond acceptors (Lipinski definition) is 2. The molecule has 2 rings (SSSR count). The first-order chi connectivity index (χ1) is 4.47. The summed E-state index contributed by atoms with van der Waals surface area (Å²) in [5.41, 5.74) is 0. The van der Waals surface area contributed by atoms with Crippen LogP contribution in [-0.4, -0.2) is 12.1 Å². The molecule has 0 bridgehead atoms. The summed E-state index contributed by atoms with van der Waals surface area (Å²) in [7, 11) is 0. The van der Waals surface area contributed by atoms with Gasteiger partial charge in [-0.2, -0.15) is 0 Å². The zero-order valence-corrected chi connectivity index (χ0v) is 7.47. The van der Waals surface area contributed by atoms with Crippen molar-refractivity contribution in [3.8, 4) is 0 Å². The van der Waals surface area contributed by atoms with Crippen LogP contribution in [0.15, 0.2) is 6.99 Å². The summed E-state index contributed by atoms with van der Waals surface area (Å²) >= 11 is -0.0695. The zero-order valence-electron chi connectivity index (χ0n) is 5.19. The number of hydrogen-bond donors (Lipinski definition) is 0. The van der Waals surface area contributed by atoms with Crippen LogP contribution in [0.4, 0.5) is 0 Å². The third-order valence-corrected chi connectivity index (χ3v) is 4.01. The maximum absolute atomic E-state index is 4.50. The fourth-order valence-electron chi connectivity index (χ4n) is 1.40. The topological polar surface area (TPSA) is 24.7 Å². The van der Waals surface area contributed by atoms with E-state index in [1.54, 1.807) is 0 Å². The van der Waals surface area contributed by atoms with E-state index in [0.29, 0.717) is 12.1 Å². The van der Waals surface area contributed by atoms with Gasteiger partial charge in [0, 0.05) is 0 Å². The van der Waals surface area contributed by atoms with Crippen LogP contribution in [0.3, 0.4) is 0 Å². The first-order valence-corrected chi connectivity index (χ1v) is 5.48. The Hall–Kier alpha value is 0.288. The van der Waals surface area contributed by atoms with Crippen molar-refractivity contribution in [3.63, 3.8) is 0 Å². The van der Waals surface area contributed by atoms with E-state index in [4.69, 9.17) is 0 Å². The van der Waals surface area contributed by atoms with Gasteiger partial charge in [-0.15, -0.1) is 0 Å². The van der Waals surface area contributed by atoms with Crippen LogP contribution >= 0.6 is 0 Å². The summed E-state index contributed by atoms with van der Waals surface area (Å²) in [4.78, 5) is 0. The molecule has 0 unspecified atom stereocenters. The third kappa shape index (κ3) is 1.10.